The maximum Gasteiger partial charge on any atom is 0.251 e. The first-order valence-corrected chi connectivity index (χ1v) is 6.64. The van der Waals surface area contributed by atoms with E-state index in [0.717, 1.165) is 18.4 Å². The minimum Gasteiger partial charge on any atom is -0.351 e. The van der Waals surface area contributed by atoms with Gasteiger partial charge in [-0.05, 0) is 42.7 Å². The van der Waals surface area contributed by atoms with Crippen LogP contribution in [0.1, 0.15) is 28.8 Å². The molecular formula is C16H15FN2O. The van der Waals surface area contributed by atoms with Crippen LogP contribution in [0.15, 0.2) is 48.8 Å². The topological polar surface area (TPSA) is 42.0 Å². The zero-order chi connectivity index (χ0) is 14.0. The van der Waals surface area contributed by atoms with Crippen LogP contribution in [-0.2, 0) is 5.41 Å². The molecule has 1 fully saturated rings. The Labute approximate surface area is 116 Å². The number of nitrogens with zero attached hydrogens (tertiary/aromatic N) is 1. The van der Waals surface area contributed by atoms with Gasteiger partial charge in [-0.1, -0.05) is 12.1 Å². The molecule has 1 aromatic carbocycles. The van der Waals surface area contributed by atoms with E-state index in [0.29, 0.717) is 12.1 Å². The molecule has 0 bridgehead atoms. The predicted molar refractivity (Wildman–Crippen MR) is 73.9 cm³/mol. The van der Waals surface area contributed by atoms with Gasteiger partial charge < -0.3 is 5.32 Å². The summed E-state index contributed by atoms with van der Waals surface area (Å²) in [5, 5.41) is 2.89. The Balaban J connectivity index is 1.67. The van der Waals surface area contributed by atoms with Crippen LogP contribution in [-0.4, -0.2) is 17.4 Å². The van der Waals surface area contributed by atoms with Crippen LogP contribution >= 0.6 is 0 Å². The molecule has 0 unspecified atom stereocenters. The van der Waals surface area contributed by atoms with Crippen LogP contribution in [0.2, 0.25) is 0 Å². The maximum atomic E-state index is 13.1. The molecule has 1 aromatic heterocycles. The van der Waals surface area contributed by atoms with Gasteiger partial charge in [0.1, 0.15) is 5.82 Å². The fourth-order valence-electron chi connectivity index (χ4n) is 2.38. The van der Waals surface area contributed by atoms with Crippen molar-refractivity contribution in [1.29, 1.82) is 0 Å². The molecule has 3 rings (SSSR count). The SMILES string of the molecule is O=C(NCC1(c2cccnc2)CC1)c1cccc(F)c1. The molecule has 1 amide bonds. The Kier molecular flexibility index (Phi) is 3.22. The van der Waals surface area contributed by atoms with Crippen LogP contribution in [0.5, 0.6) is 0 Å². The van der Waals surface area contributed by atoms with Crippen molar-refractivity contribution < 1.29 is 9.18 Å². The summed E-state index contributed by atoms with van der Waals surface area (Å²) >= 11 is 0. The summed E-state index contributed by atoms with van der Waals surface area (Å²) < 4.78 is 13.1. The van der Waals surface area contributed by atoms with Gasteiger partial charge in [-0.15, -0.1) is 0 Å². The fourth-order valence-corrected chi connectivity index (χ4v) is 2.38. The second-order valence-electron chi connectivity index (χ2n) is 5.22. The van der Waals surface area contributed by atoms with Gasteiger partial charge in [0.15, 0.2) is 0 Å². The highest BCUT2D eigenvalue weighted by molar-refractivity contribution is 5.94. The first-order valence-electron chi connectivity index (χ1n) is 6.64. The van der Waals surface area contributed by atoms with Gasteiger partial charge in [-0.2, -0.15) is 0 Å². The molecule has 0 aliphatic heterocycles. The molecule has 102 valence electrons. The van der Waals surface area contributed by atoms with Crippen LogP contribution in [0.25, 0.3) is 0 Å². The van der Waals surface area contributed by atoms with Crippen LogP contribution in [0, 0.1) is 5.82 Å². The second-order valence-corrected chi connectivity index (χ2v) is 5.22. The van der Waals surface area contributed by atoms with Crippen molar-refractivity contribution >= 4 is 5.91 Å². The Morgan fingerprint density at radius 3 is 2.80 bits per heavy atom. The molecule has 1 aliphatic rings. The molecular weight excluding hydrogens is 255 g/mol. The molecule has 0 saturated heterocycles. The minimum absolute atomic E-state index is 0.0112. The Morgan fingerprint density at radius 1 is 1.30 bits per heavy atom. The average molecular weight is 270 g/mol. The van der Waals surface area contributed by atoms with Crippen molar-refractivity contribution in [1.82, 2.24) is 10.3 Å². The third-order valence-electron chi connectivity index (χ3n) is 3.80. The van der Waals surface area contributed by atoms with Gasteiger partial charge in [0.05, 0.1) is 0 Å². The lowest BCUT2D eigenvalue weighted by molar-refractivity contribution is 0.0949. The van der Waals surface area contributed by atoms with Crippen LogP contribution in [0.3, 0.4) is 0 Å². The average Bonchev–Trinajstić information content (AvgIpc) is 3.27. The number of aromatic nitrogens is 1. The molecule has 1 N–H and O–H groups in total. The van der Waals surface area contributed by atoms with Crippen molar-refractivity contribution in [3.05, 3.63) is 65.7 Å². The number of rotatable bonds is 4. The summed E-state index contributed by atoms with van der Waals surface area (Å²) in [6, 6.07) is 9.67. The molecule has 20 heavy (non-hydrogen) atoms. The van der Waals surface area contributed by atoms with E-state index < -0.39 is 5.82 Å². The van der Waals surface area contributed by atoms with Crippen molar-refractivity contribution in [3.8, 4) is 0 Å². The number of carbonyl (C=O) groups excluding carboxylic acids is 1. The van der Waals surface area contributed by atoms with E-state index >= 15 is 0 Å². The highest BCUT2D eigenvalue weighted by Gasteiger charge is 2.44. The Morgan fingerprint density at radius 2 is 2.15 bits per heavy atom. The summed E-state index contributed by atoms with van der Waals surface area (Å²) in [4.78, 5) is 16.1. The zero-order valence-corrected chi connectivity index (χ0v) is 11.0. The van der Waals surface area contributed by atoms with Gasteiger partial charge >= 0.3 is 0 Å². The highest BCUT2D eigenvalue weighted by Crippen LogP contribution is 2.47. The van der Waals surface area contributed by atoms with Crippen molar-refractivity contribution in [2.24, 2.45) is 0 Å². The predicted octanol–water partition coefficient (Wildman–Crippen LogP) is 2.68. The van der Waals surface area contributed by atoms with E-state index in [4.69, 9.17) is 0 Å². The molecule has 1 heterocycles. The number of hydrogen-bond acceptors (Lipinski definition) is 2. The van der Waals surface area contributed by atoms with Crippen molar-refractivity contribution in [2.75, 3.05) is 6.54 Å². The Bertz CT molecular complexity index is 623. The first kappa shape index (κ1) is 12.8. The van der Waals surface area contributed by atoms with E-state index in [1.807, 2.05) is 18.3 Å². The summed E-state index contributed by atoms with van der Waals surface area (Å²) in [5.41, 5.74) is 1.52. The monoisotopic (exact) mass is 270 g/mol. The standard InChI is InChI=1S/C16H15FN2O/c17-14-5-1-3-12(9-14)15(20)19-11-16(6-7-16)13-4-2-8-18-10-13/h1-5,8-10H,6-7,11H2,(H,19,20). The molecule has 1 saturated carbocycles. The smallest absolute Gasteiger partial charge is 0.251 e. The number of hydrogen-bond donors (Lipinski definition) is 1. The molecule has 3 nitrogen and oxygen atoms in total. The Hall–Kier alpha value is -2.23. The van der Waals surface area contributed by atoms with Crippen molar-refractivity contribution in [2.45, 2.75) is 18.3 Å². The van der Waals surface area contributed by atoms with Gasteiger partial charge in [-0.3, -0.25) is 9.78 Å². The lowest BCUT2D eigenvalue weighted by Gasteiger charge is -2.16. The molecule has 2 aromatic rings. The molecule has 1 aliphatic carbocycles. The number of halogens is 1. The number of carbonyl (C=O) groups is 1. The minimum atomic E-state index is -0.397. The number of benzene rings is 1. The van der Waals surface area contributed by atoms with E-state index in [-0.39, 0.29) is 11.3 Å². The van der Waals surface area contributed by atoms with Gasteiger partial charge in [-0.25, -0.2) is 4.39 Å². The van der Waals surface area contributed by atoms with Crippen LogP contribution in [0.4, 0.5) is 4.39 Å². The third-order valence-corrected chi connectivity index (χ3v) is 3.80. The molecule has 0 spiro atoms. The molecule has 0 radical (unpaired) electrons. The van der Waals surface area contributed by atoms with Crippen molar-refractivity contribution in [3.63, 3.8) is 0 Å². The molecule has 4 heteroatoms. The van der Waals surface area contributed by atoms with Gasteiger partial charge in [0.25, 0.3) is 5.91 Å². The summed E-state index contributed by atoms with van der Waals surface area (Å²) in [5.74, 6) is -0.634. The summed E-state index contributed by atoms with van der Waals surface area (Å²) in [6.07, 6.45) is 5.68. The lowest BCUT2D eigenvalue weighted by atomic mass is 9.97. The summed E-state index contributed by atoms with van der Waals surface area (Å²) in [6.45, 7) is 0.564. The zero-order valence-electron chi connectivity index (χ0n) is 11.0. The summed E-state index contributed by atoms with van der Waals surface area (Å²) in [7, 11) is 0. The first-order chi connectivity index (χ1) is 9.70. The number of nitrogens with one attached hydrogen (secondary N) is 1. The van der Waals surface area contributed by atoms with Gasteiger partial charge in [0, 0.05) is 29.9 Å². The number of amides is 1. The van der Waals surface area contributed by atoms with E-state index in [2.05, 4.69) is 10.3 Å². The largest absolute Gasteiger partial charge is 0.351 e. The highest BCUT2D eigenvalue weighted by atomic mass is 19.1. The quantitative estimate of drug-likeness (QED) is 0.928. The normalized spacial score (nSPS) is 15.7. The lowest BCUT2D eigenvalue weighted by Crippen LogP contribution is -2.32. The van der Waals surface area contributed by atoms with E-state index in [1.165, 1.54) is 18.2 Å². The van der Waals surface area contributed by atoms with Crippen LogP contribution < -0.4 is 5.32 Å². The fraction of sp³-hybridized carbons (Fsp3) is 0.250. The van der Waals surface area contributed by atoms with E-state index in [9.17, 15) is 9.18 Å². The third kappa shape index (κ3) is 2.54. The molecule has 0 atom stereocenters. The second kappa shape index (κ2) is 5.04. The van der Waals surface area contributed by atoms with Gasteiger partial charge in [0.2, 0.25) is 0 Å². The number of pyridine rings is 1. The maximum absolute atomic E-state index is 13.1. The van der Waals surface area contributed by atoms with E-state index in [1.54, 1.807) is 12.3 Å².